The maximum absolute atomic E-state index is 11.6. The molecular weight excluding hydrogens is 320 g/mol. The molecule has 1 aliphatic rings. The zero-order chi connectivity index (χ0) is 17.6. The van der Waals surface area contributed by atoms with E-state index in [0.717, 1.165) is 34.6 Å². The molecular formula is C20H16O5. The first-order valence-corrected chi connectivity index (χ1v) is 7.84. The van der Waals surface area contributed by atoms with Crippen molar-refractivity contribution in [3.63, 3.8) is 0 Å². The predicted molar refractivity (Wildman–Crippen MR) is 92.6 cm³/mol. The van der Waals surface area contributed by atoms with Gasteiger partial charge in [0, 0.05) is 17.7 Å². The molecule has 1 aliphatic heterocycles. The molecule has 0 saturated carbocycles. The van der Waals surface area contributed by atoms with E-state index in [9.17, 15) is 9.59 Å². The van der Waals surface area contributed by atoms with E-state index in [2.05, 4.69) is 9.78 Å². The van der Waals surface area contributed by atoms with Gasteiger partial charge in [0.15, 0.2) is 11.5 Å². The van der Waals surface area contributed by atoms with Crippen LogP contribution in [0.2, 0.25) is 0 Å². The summed E-state index contributed by atoms with van der Waals surface area (Å²) in [6.45, 7) is 2.03. The highest BCUT2D eigenvalue weighted by Crippen LogP contribution is 2.48. The van der Waals surface area contributed by atoms with Gasteiger partial charge in [-0.1, -0.05) is 43.3 Å². The van der Waals surface area contributed by atoms with Crippen LogP contribution in [0, 0.1) is 0 Å². The van der Waals surface area contributed by atoms with E-state index in [1.54, 1.807) is 12.1 Å². The number of hydrogen-bond acceptors (Lipinski definition) is 5. The van der Waals surface area contributed by atoms with Crippen LogP contribution in [0.15, 0.2) is 54.6 Å². The van der Waals surface area contributed by atoms with Gasteiger partial charge in [0.05, 0.1) is 0 Å². The number of aryl methyl sites for hydroxylation is 1. The Bertz CT molecular complexity index is 864. The molecule has 0 N–H and O–H groups in total. The molecule has 0 saturated heterocycles. The predicted octanol–water partition coefficient (Wildman–Crippen LogP) is 4.08. The Hall–Kier alpha value is -3.34. The molecule has 25 heavy (non-hydrogen) atoms. The van der Waals surface area contributed by atoms with Crippen LogP contribution in [0.1, 0.15) is 23.6 Å². The molecule has 0 amide bonds. The van der Waals surface area contributed by atoms with Crippen LogP contribution in [0.3, 0.4) is 0 Å². The van der Waals surface area contributed by atoms with Crippen LogP contribution in [0.4, 0.5) is 0 Å². The highest BCUT2D eigenvalue weighted by Gasteiger charge is 2.22. The van der Waals surface area contributed by atoms with Crippen molar-refractivity contribution in [2.45, 2.75) is 13.3 Å². The number of benzene rings is 2. The molecule has 0 fully saturated rings. The number of para-hydroxylation sites is 1. The molecule has 0 unspecified atom stereocenters. The molecule has 5 heteroatoms. The Morgan fingerprint density at radius 3 is 2.28 bits per heavy atom. The minimum Gasteiger partial charge on any atom is -0.449 e. The number of fused-ring (bicyclic) bond motifs is 1. The lowest BCUT2D eigenvalue weighted by Crippen LogP contribution is -2.06. The summed E-state index contributed by atoms with van der Waals surface area (Å²) in [4.78, 5) is 32.1. The van der Waals surface area contributed by atoms with Crippen molar-refractivity contribution in [3.8, 4) is 11.5 Å². The second-order valence-electron chi connectivity index (χ2n) is 5.30. The Labute approximate surface area is 145 Å². The first-order valence-electron chi connectivity index (χ1n) is 7.84. The summed E-state index contributed by atoms with van der Waals surface area (Å²) < 4.78 is 5.19. The van der Waals surface area contributed by atoms with Crippen molar-refractivity contribution >= 4 is 24.1 Å². The third-order valence-electron chi connectivity index (χ3n) is 3.62. The summed E-state index contributed by atoms with van der Waals surface area (Å²) in [5.41, 5.74) is 2.79. The minimum atomic E-state index is -0.783. The van der Waals surface area contributed by atoms with Crippen molar-refractivity contribution in [1.29, 1.82) is 0 Å². The smallest absolute Gasteiger partial charge is 0.379 e. The Morgan fingerprint density at radius 1 is 0.920 bits per heavy atom. The molecule has 0 bridgehead atoms. The molecule has 0 aliphatic carbocycles. The molecule has 5 nitrogen and oxygen atoms in total. The SMILES string of the molecule is CCc1ccccc1/C=C/C(=O)OOC(=O)/C=C/c1cccc2c1O2. The zero-order valence-electron chi connectivity index (χ0n) is 13.6. The van der Waals surface area contributed by atoms with Crippen LogP contribution >= 0.6 is 0 Å². The standard InChI is InChI=1S/C20H16O5/c1-2-14-6-3-4-7-15(14)10-12-18(21)24-25-19(22)13-11-16-8-5-9-17-20(16)23-17/h3-13H,2H2,1H3/b12-10+,13-11+. The Morgan fingerprint density at radius 2 is 1.56 bits per heavy atom. The van der Waals surface area contributed by atoms with Gasteiger partial charge in [-0.25, -0.2) is 19.4 Å². The molecule has 1 heterocycles. The van der Waals surface area contributed by atoms with Gasteiger partial charge >= 0.3 is 11.9 Å². The van der Waals surface area contributed by atoms with Gasteiger partial charge in [0.1, 0.15) is 0 Å². The van der Waals surface area contributed by atoms with E-state index in [0.29, 0.717) is 0 Å². The van der Waals surface area contributed by atoms with Crippen LogP contribution < -0.4 is 4.74 Å². The fourth-order valence-corrected chi connectivity index (χ4v) is 2.31. The molecule has 126 valence electrons. The molecule has 0 aromatic heterocycles. The third-order valence-corrected chi connectivity index (χ3v) is 3.62. The van der Waals surface area contributed by atoms with E-state index < -0.39 is 11.9 Å². The second-order valence-corrected chi connectivity index (χ2v) is 5.30. The summed E-state index contributed by atoms with van der Waals surface area (Å²) in [6, 6.07) is 13.1. The fraction of sp³-hybridized carbons (Fsp3) is 0.100. The number of hydrogen-bond donors (Lipinski definition) is 0. The fourth-order valence-electron chi connectivity index (χ4n) is 2.31. The van der Waals surface area contributed by atoms with Crippen LogP contribution in [-0.4, -0.2) is 11.9 Å². The first-order chi connectivity index (χ1) is 12.2. The number of carbonyl (C=O) groups is 2. The largest absolute Gasteiger partial charge is 0.449 e. The van der Waals surface area contributed by atoms with Crippen molar-refractivity contribution in [2.24, 2.45) is 0 Å². The quantitative estimate of drug-likeness (QED) is 0.304. The van der Waals surface area contributed by atoms with E-state index >= 15 is 0 Å². The van der Waals surface area contributed by atoms with Gasteiger partial charge < -0.3 is 4.74 Å². The highest BCUT2D eigenvalue weighted by molar-refractivity contribution is 5.90. The van der Waals surface area contributed by atoms with E-state index in [1.165, 1.54) is 18.2 Å². The minimum absolute atomic E-state index is 0.737. The van der Waals surface area contributed by atoms with Crippen molar-refractivity contribution in [2.75, 3.05) is 0 Å². The highest BCUT2D eigenvalue weighted by atomic mass is 17.2. The summed E-state index contributed by atoms with van der Waals surface area (Å²) >= 11 is 0. The monoisotopic (exact) mass is 336 g/mol. The van der Waals surface area contributed by atoms with E-state index in [-0.39, 0.29) is 0 Å². The lowest BCUT2D eigenvalue weighted by atomic mass is 10.1. The van der Waals surface area contributed by atoms with E-state index in [4.69, 9.17) is 4.74 Å². The summed E-state index contributed by atoms with van der Waals surface area (Å²) in [5.74, 6) is -0.0162. The van der Waals surface area contributed by atoms with Crippen LogP contribution in [0.25, 0.3) is 12.2 Å². The van der Waals surface area contributed by atoms with Crippen molar-refractivity contribution < 1.29 is 24.1 Å². The third kappa shape index (κ3) is 4.35. The Kier molecular flexibility index (Phi) is 4.95. The first kappa shape index (κ1) is 16.5. The maximum atomic E-state index is 11.6. The number of rotatable bonds is 5. The van der Waals surface area contributed by atoms with Gasteiger partial charge in [-0.3, -0.25) is 0 Å². The van der Waals surface area contributed by atoms with Gasteiger partial charge in [-0.05, 0) is 35.8 Å². The van der Waals surface area contributed by atoms with Crippen molar-refractivity contribution in [1.82, 2.24) is 0 Å². The normalized spacial score (nSPS) is 11.9. The Balaban J connectivity index is 1.49. The average Bonchev–Trinajstić information content (AvgIpc) is 3.43. The van der Waals surface area contributed by atoms with Crippen LogP contribution in [-0.2, 0) is 25.8 Å². The number of ether oxygens (including phenoxy) is 1. The van der Waals surface area contributed by atoms with Gasteiger partial charge in [0.25, 0.3) is 0 Å². The maximum Gasteiger partial charge on any atom is 0.379 e. The lowest BCUT2D eigenvalue weighted by molar-refractivity contribution is -0.250. The second kappa shape index (κ2) is 7.49. The number of carbonyl (C=O) groups excluding carboxylic acids is 2. The molecule has 0 radical (unpaired) electrons. The van der Waals surface area contributed by atoms with Gasteiger partial charge in [0.2, 0.25) is 0 Å². The van der Waals surface area contributed by atoms with Gasteiger partial charge in [-0.15, -0.1) is 0 Å². The zero-order valence-corrected chi connectivity index (χ0v) is 13.6. The molecule has 0 spiro atoms. The lowest BCUT2D eigenvalue weighted by Gasteiger charge is -2.01. The van der Waals surface area contributed by atoms with Crippen LogP contribution in [0.5, 0.6) is 11.5 Å². The summed E-state index contributed by atoms with van der Waals surface area (Å²) in [7, 11) is 0. The summed E-state index contributed by atoms with van der Waals surface area (Å²) in [6.07, 6.45) is 6.40. The molecule has 0 atom stereocenters. The summed E-state index contributed by atoms with van der Waals surface area (Å²) in [5, 5.41) is 0. The topological polar surface area (TPSA) is 65.1 Å². The van der Waals surface area contributed by atoms with Crippen molar-refractivity contribution in [3.05, 3.63) is 71.3 Å². The average molecular weight is 336 g/mol. The van der Waals surface area contributed by atoms with Gasteiger partial charge in [-0.2, -0.15) is 0 Å². The van der Waals surface area contributed by atoms with E-state index in [1.807, 2.05) is 43.3 Å². The molecule has 2 aromatic carbocycles. The molecule has 3 rings (SSSR count). The molecule has 2 aromatic rings.